The minimum Gasteiger partial charge on any atom is -0.377 e. The van der Waals surface area contributed by atoms with Crippen molar-refractivity contribution in [1.82, 2.24) is 4.90 Å². The van der Waals surface area contributed by atoms with E-state index in [9.17, 15) is 12.8 Å². The van der Waals surface area contributed by atoms with E-state index in [2.05, 4.69) is 22.9 Å². The Bertz CT molecular complexity index is 1350. The minimum absolute atomic E-state index is 0.201. The van der Waals surface area contributed by atoms with E-state index >= 15 is 0 Å². The van der Waals surface area contributed by atoms with Crippen molar-refractivity contribution in [2.75, 3.05) is 57.1 Å². The highest BCUT2D eigenvalue weighted by Crippen LogP contribution is 2.35. The van der Waals surface area contributed by atoms with Gasteiger partial charge in [0.2, 0.25) is 9.84 Å². The number of hydrogen-bond donors (Lipinski definition) is 0. The zero-order valence-electron chi connectivity index (χ0n) is 22.0. The molecule has 0 unspecified atom stereocenters. The molecule has 3 aromatic rings. The standard InChI is InChI=1S/C30H36FN3O2S/c1-32(2)29-20-24-12-16-33(3)17-13-25(24)21-30(29)37(35,36)28-10-8-27(9-11-28)34-18-14-23(15-19-34)22-4-6-26(31)7-5-22/h4-11,20-21,23H,12-19H2,1-3H3. The lowest BCUT2D eigenvalue weighted by Crippen LogP contribution is -2.32. The number of benzene rings is 3. The highest BCUT2D eigenvalue weighted by Gasteiger charge is 2.26. The van der Waals surface area contributed by atoms with Gasteiger partial charge in [0.1, 0.15) is 5.82 Å². The van der Waals surface area contributed by atoms with Crippen LogP contribution in [0.15, 0.2) is 70.5 Å². The lowest BCUT2D eigenvalue weighted by atomic mass is 9.89. The Balaban J connectivity index is 1.35. The molecular formula is C30H36FN3O2S. The van der Waals surface area contributed by atoms with Crippen molar-refractivity contribution < 1.29 is 12.8 Å². The molecule has 0 N–H and O–H groups in total. The van der Waals surface area contributed by atoms with Gasteiger partial charge in [0.05, 0.1) is 15.5 Å². The summed E-state index contributed by atoms with van der Waals surface area (Å²) in [5.74, 6) is 0.223. The maximum Gasteiger partial charge on any atom is 0.208 e. The van der Waals surface area contributed by atoms with E-state index in [1.54, 1.807) is 12.1 Å². The Labute approximate surface area is 220 Å². The molecule has 1 saturated heterocycles. The first-order valence-electron chi connectivity index (χ1n) is 13.1. The average molecular weight is 522 g/mol. The smallest absolute Gasteiger partial charge is 0.208 e. The van der Waals surface area contributed by atoms with Crippen LogP contribution in [-0.4, -0.2) is 60.6 Å². The van der Waals surface area contributed by atoms with E-state index in [0.29, 0.717) is 15.7 Å². The fourth-order valence-corrected chi connectivity index (χ4v) is 7.15. The van der Waals surface area contributed by atoms with Crippen LogP contribution in [0.5, 0.6) is 0 Å². The average Bonchev–Trinajstić information content (AvgIpc) is 3.09. The number of rotatable bonds is 5. The second kappa shape index (κ2) is 10.5. The van der Waals surface area contributed by atoms with Gasteiger partial charge in [-0.1, -0.05) is 12.1 Å². The summed E-state index contributed by atoms with van der Waals surface area (Å²) >= 11 is 0. The predicted octanol–water partition coefficient (Wildman–Crippen LogP) is 5.14. The van der Waals surface area contributed by atoms with Gasteiger partial charge in [0, 0.05) is 46.0 Å². The molecule has 0 bridgehead atoms. The third-order valence-electron chi connectivity index (χ3n) is 7.93. The fraction of sp³-hybridized carbons (Fsp3) is 0.400. The number of nitrogens with zero attached hydrogens (tertiary/aromatic N) is 3. The highest BCUT2D eigenvalue weighted by molar-refractivity contribution is 7.91. The Morgan fingerprint density at radius 1 is 0.838 bits per heavy atom. The lowest BCUT2D eigenvalue weighted by molar-refractivity contribution is 0.352. The SMILES string of the molecule is CN1CCc2cc(N(C)C)c(S(=O)(=O)c3ccc(N4CCC(c5ccc(F)cc5)CC4)cc3)cc2CC1. The predicted molar refractivity (Wildman–Crippen MR) is 148 cm³/mol. The largest absolute Gasteiger partial charge is 0.377 e. The molecule has 7 heteroatoms. The van der Waals surface area contributed by atoms with Crippen molar-refractivity contribution in [2.45, 2.75) is 41.4 Å². The van der Waals surface area contributed by atoms with Crippen LogP contribution in [0.3, 0.4) is 0 Å². The molecule has 0 atom stereocenters. The van der Waals surface area contributed by atoms with Gasteiger partial charge < -0.3 is 14.7 Å². The molecule has 2 aliphatic rings. The topological polar surface area (TPSA) is 43.9 Å². The first-order chi connectivity index (χ1) is 17.7. The Morgan fingerprint density at radius 2 is 1.43 bits per heavy atom. The molecule has 5 nitrogen and oxygen atoms in total. The second-order valence-corrected chi connectivity index (χ2v) is 12.5. The van der Waals surface area contributed by atoms with Gasteiger partial charge in [-0.15, -0.1) is 0 Å². The summed E-state index contributed by atoms with van der Waals surface area (Å²) in [6.07, 6.45) is 3.76. The zero-order valence-corrected chi connectivity index (χ0v) is 22.8. The number of fused-ring (bicyclic) bond motifs is 1. The van der Waals surface area contributed by atoms with Crippen molar-refractivity contribution in [1.29, 1.82) is 0 Å². The molecule has 2 heterocycles. The number of halogens is 1. The van der Waals surface area contributed by atoms with Crippen LogP contribution in [0, 0.1) is 5.82 Å². The van der Waals surface area contributed by atoms with Gasteiger partial charge in [-0.2, -0.15) is 0 Å². The van der Waals surface area contributed by atoms with Crippen LogP contribution >= 0.6 is 0 Å². The van der Waals surface area contributed by atoms with Crippen LogP contribution < -0.4 is 9.80 Å². The second-order valence-electron chi connectivity index (χ2n) is 10.6. The van der Waals surface area contributed by atoms with E-state index in [1.165, 1.54) is 23.3 Å². The Morgan fingerprint density at radius 3 is 2.03 bits per heavy atom. The minimum atomic E-state index is -3.67. The molecule has 37 heavy (non-hydrogen) atoms. The van der Waals surface area contributed by atoms with Crippen molar-refractivity contribution in [3.05, 3.63) is 83.2 Å². The van der Waals surface area contributed by atoms with E-state index < -0.39 is 9.84 Å². The zero-order chi connectivity index (χ0) is 26.2. The van der Waals surface area contributed by atoms with E-state index in [-0.39, 0.29) is 5.82 Å². The lowest BCUT2D eigenvalue weighted by Gasteiger charge is -2.34. The number of sulfone groups is 1. The van der Waals surface area contributed by atoms with Gasteiger partial charge in [0.15, 0.2) is 0 Å². The summed E-state index contributed by atoms with van der Waals surface area (Å²) in [4.78, 5) is 7.21. The Kier molecular flexibility index (Phi) is 7.28. The number of hydrogen-bond acceptors (Lipinski definition) is 5. The quantitative estimate of drug-likeness (QED) is 0.465. The number of anilines is 2. The molecule has 196 valence electrons. The normalized spacial score (nSPS) is 17.4. The Hall–Kier alpha value is -2.90. The van der Waals surface area contributed by atoms with Crippen molar-refractivity contribution in [3.8, 4) is 0 Å². The molecule has 0 saturated carbocycles. The summed E-state index contributed by atoms with van der Waals surface area (Å²) in [5, 5.41) is 0. The maximum atomic E-state index is 13.8. The molecule has 3 aromatic carbocycles. The summed E-state index contributed by atoms with van der Waals surface area (Å²) in [7, 11) is 2.25. The molecular weight excluding hydrogens is 485 g/mol. The first-order valence-corrected chi connectivity index (χ1v) is 14.6. The molecule has 0 spiro atoms. The fourth-order valence-electron chi connectivity index (χ4n) is 5.59. The molecule has 0 radical (unpaired) electrons. The van der Waals surface area contributed by atoms with Crippen molar-refractivity contribution in [2.24, 2.45) is 0 Å². The highest BCUT2D eigenvalue weighted by atomic mass is 32.2. The number of piperidine rings is 1. The van der Waals surface area contributed by atoms with Gasteiger partial charge in [0.25, 0.3) is 0 Å². The molecule has 0 aliphatic carbocycles. The molecule has 5 rings (SSSR count). The van der Waals surface area contributed by atoms with Crippen LogP contribution in [-0.2, 0) is 22.7 Å². The summed E-state index contributed by atoms with van der Waals surface area (Å²) in [6.45, 7) is 3.69. The van der Waals surface area contributed by atoms with Crippen LogP contribution in [0.4, 0.5) is 15.8 Å². The molecule has 0 aromatic heterocycles. The third kappa shape index (κ3) is 5.39. The van der Waals surface area contributed by atoms with Gasteiger partial charge in [-0.05, 0) is 104 Å². The number of likely N-dealkylation sites (N-methyl/N-ethyl adjacent to an activating group) is 1. The third-order valence-corrected chi connectivity index (χ3v) is 9.73. The van der Waals surface area contributed by atoms with E-state index in [4.69, 9.17) is 0 Å². The van der Waals surface area contributed by atoms with Crippen molar-refractivity contribution in [3.63, 3.8) is 0 Å². The van der Waals surface area contributed by atoms with Crippen LogP contribution in [0.1, 0.15) is 35.4 Å². The maximum absolute atomic E-state index is 13.8. The molecule has 0 amide bonds. The van der Waals surface area contributed by atoms with Crippen LogP contribution in [0.25, 0.3) is 0 Å². The van der Waals surface area contributed by atoms with Gasteiger partial charge >= 0.3 is 0 Å². The van der Waals surface area contributed by atoms with Gasteiger partial charge in [-0.25, -0.2) is 12.8 Å². The van der Waals surface area contributed by atoms with Crippen molar-refractivity contribution >= 4 is 21.2 Å². The van der Waals surface area contributed by atoms with Gasteiger partial charge in [-0.3, -0.25) is 0 Å². The summed E-state index contributed by atoms with van der Waals surface area (Å²) < 4.78 is 40.9. The van der Waals surface area contributed by atoms with E-state index in [1.807, 2.05) is 49.3 Å². The van der Waals surface area contributed by atoms with Crippen LogP contribution in [0.2, 0.25) is 0 Å². The van der Waals surface area contributed by atoms with E-state index in [0.717, 1.165) is 68.8 Å². The molecule has 2 aliphatic heterocycles. The molecule has 1 fully saturated rings. The first kappa shape index (κ1) is 25.7. The summed E-state index contributed by atoms with van der Waals surface area (Å²) in [6, 6.07) is 18.2. The summed E-state index contributed by atoms with van der Waals surface area (Å²) in [5.41, 5.74) is 5.34. The monoisotopic (exact) mass is 521 g/mol.